The molecule has 8 nitrogen and oxygen atoms in total. The van der Waals surface area contributed by atoms with Gasteiger partial charge < -0.3 is 29.1 Å². The first-order valence-electron chi connectivity index (χ1n) is 21.1. The quantitative estimate of drug-likeness (QED) is 0.118. The highest BCUT2D eigenvalue weighted by atomic mass is 19.2. The number of carbonyl (C=O) groups is 2. The summed E-state index contributed by atoms with van der Waals surface area (Å²) >= 11 is 0. The number of rotatable bonds is 14. The predicted molar refractivity (Wildman–Crippen MR) is 227 cm³/mol. The Morgan fingerprint density at radius 3 is 1.26 bits per heavy atom. The zero-order chi connectivity index (χ0) is 45.1. The van der Waals surface area contributed by atoms with Gasteiger partial charge in [0.2, 0.25) is 11.8 Å². The number of nitrogens with zero attached hydrogens (tertiary/aromatic N) is 4. The van der Waals surface area contributed by atoms with Crippen molar-refractivity contribution in [1.29, 1.82) is 0 Å². The molecule has 2 aliphatic rings. The van der Waals surface area contributed by atoms with Crippen molar-refractivity contribution in [2.75, 3.05) is 40.3 Å². The number of ether oxygens (including phenoxy) is 2. The van der Waals surface area contributed by atoms with Gasteiger partial charge in [0.1, 0.15) is 47.1 Å². The molecule has 62 heavy (non-hydrogen) atoms. The van der Waals surface area contributed by atoms with Crippen molar-refractivity contribution in [3.63, 3.8) is 0 Å². The Balaban J connectivity index is 0.000000234. The minimum atomic E-state index is -1.24. The molecule has 336 valence electrons. The molecule has 0 N–H and O–H groups in total. The van der Waals surface area contributed by atoms with Crippen LogP contribution >= 0.6 is 0 Å². The van der Waals surface area contributed by atoms with Crippen LogP contribution in [0, 0.1) is 23.3 Å². The molecular weight excluding hydrogens is 811 g/mol. The molecule has 0 aromatic heterocycles. The Kier molecular flexibility index (Phi) is 17.3. The second-order valence-electron chi connectivity index (χ2n) is 16.8. The molecular formula is C48H58F6N4O4. The third-order valence-corrected chi connectivity index (χ3v) is 10.9. The number of hydrogen-bond acceptors (Lipinski definition) is 6. The standard InChI is InChI=1S/2C24H29F3N2O2/c2*1-16(2)31-20-8-4-17(5-9-20)12-24(30)29(23-10-11-28(3)15-22(23)27)14-18-6-7-19(25)13-21(18)26/h2*4-9,13,16,22-23H,10-12,14-15H2,1-3H3/t2*22-,23+/m10/s1. The van der Waals surface area contributed by atoms with Crippen molar-refractivity contribution in [2.45, 2.75) is 103 Å². The van der Waals surface area contributed by atoms with Crippen molar-refractivity contribution in [3.8, 4) is 11.5 Å². The molecule has 4 aromatic rings. The minimum Gasteiger partial charge on any atom is -0.491 e. The van der Waals surface area contributed by atoms with Crippen LogP contribution in [0.4, 0.5) is 26.3 Å². The van der Waals surface area contributed by atoms with E-state index in [0.29, 0.717) is 37.4 Å². The van der Waals surface area contributed by atoms with Gasteiger partial charge in [0, 0.05) is 62.5 Å². The number of carbonyl (C=O) groups excluding carboxylic acids is 2. The number of piperidine rings is 2. The van der Waals surface area contributed by atoms with Crippen LogP contribution in [-0.4, -0.2) is 108 Å². The maximum Gasteiger partial charge on any atom is 0.227 e. The first kappa shape index (κ1) is 48.0. The molecule has 0 bridgehead atoms. The van der Waals surface area contributed by atoms with Gasteiger partial charge in [0.15, 0.2) is 0 Å². The normalized spacial score (nSPS) is 19.5. The lowest BCUT2D eigenvalue weighted by Gasteiger charge is -2.39. The van der Waals surface area contributed by atoms with E-state index >= 15 is 0 Å². The van der Waals surface area contributed by atoms with Gasteiger partial charge in [-0.3, -0.25) is 9.59 Å². The summed E-state index contributed by atoms with van der Waals surface area (Å²) in [5.74, 6) is -2.04. The van der Waals surface area contributed by atoms with Gasteiger partial charge in [-0.1, -0.05) is 36.4 Å². The summed E-state index contributed by atoms with van der Waals surface area (Å²) in [5.41, 5.74) is 1.85. The lowest BCUT2D eigenvalue weighted by molar-refractivity contribution is -0.137. The van der Waals surface area contributed by atoms with Crippen molar-refractivity contribution in [1.82, 2.24) is 19.6 Å². The third kappa shape index (κ3) is 14.0. The maximum atomic E-state index is 14.9. The number of hydrogen-bond donors (Lipinski definition) is 0. The van der Waals surface area contributed by atoms with E-state index in [2.05, 4.69) is 0 Å². The first-order chi connectivity index (χ1) is 29.4. The van der Waals surface area contributed by atoms with Gasteiger partial charge in [0.05, 0.1) is 37.1 Å². The van der Waals surface area contributed by atoms with Crippen molar-refractivity contribution >= 4 is 11.8 Å². The minimum absolute atomic E-state index is 0.0412. The SMILES string of the molecule is CC(C)Oc1ccc(CC(=O)N(Cc2ccc(F)cc2F)[C@@H]2CCN(C)C[C@@H]2F)cc1.CC(C)Oc1ccc(CC(=O)N(Cc2ccc(F)cc2F)[C@H]2CCN(C)C[C@H]2F)cc1. The van der Waals surface area contributed by atoms with Gasteiger partial charge in [-0.15, -0.1) is 0 Å². The number of alkyl halides is 2. The van der Waals surface area contributed by atoms with E-state index in [0.717, 1.165) is 35.4 Å². The molecule has 6 rings (SSSR count). The average Bonchev–Trinajstić information content (AvgIpc) is 3.19. The first-order valence-corrected chi connectivity index (χ1v) is 21.1. The van der Waals surface area contributed by atoms with Gasteiger partial charge in [-0.05, 0) is 102 Å². The van der Waals surface area contributed by atoms with Crippen molar-refractivity contribution in [3.05, 3.63) is 130 Å². The number of likely N-dealkylation sites (tertiary alicyclic amines) is 2. The summed E-state index contributed by atoms with van der Waals surface area (Å²) in [6.45, 7) is 9.21. The molecule has 0 radical (unpaired) electrons. The monoisotopic (exact) mass is 868 g/mol. The molecule has 0 spiro atoms. The Labute approximate surface area is 361 Å². The molecule has 4 aromatic carbocycles. The van der Waals surface area contributed by atoms with E-state index in [1.807, 2.05) is 51.6 Å². The van der Waals surface area contributed by atoms with E-state index < -0.39 is 47.7 Å². The smallest absolute Gasteiger partial charge is 0.227 e. The highest BCUT2D eigenvalue weighted by Gasteiger charge is 2.36. The average molecular weight is 869 g/mol. The lowest BCUT2D eigenvalue weighted by atomic mass is 9.99. The molecule has 2 fully saturated rings. The summed E-state index contributed by atoms with van der Waals surface area (Å²) in [6.07, 6.45) is -1.38. The fraction of sp³-hybridized carbons (Fsp3) is 0.458. The number of halogens is 6. The summed E-state index contributed by atoms with van der Waals surface area (Å²) in [5, 5.41) is 0. The summed E-state index contributed by atoms with van der Waals surface area (Å²) in [4.78, 5) is 33.0. The zero-order valence-electron chi connectivity index (χ0n) is 36.3. The predicted octanol–water partition coefficient (Wildman–Crippen LogP) is 8.73. The Hall–Kier alpha value is -5.08. The van der Waals surface area contributed by atoms with E-state index in [1.54, 1.807) is 48.5 Å². The van der Waals surface area contributed by atoms with Crippen LogP contribution < -0.4 is 9.47 Å². The zero-order valence-corrected chi connectivity index (χ0v) is 36.3. The lowest BCUT2D eigenvalue weighted by Crippen LogP contribution is -2.53. The second kappa shape index (κ2) is 22.3. The fourth-order valence-corrected chi connectivity index (χ4v) is 7.71. The summed E-state index contributed by atoms with van der Waals surface area (Å²) in [7, 11) is 3.66. The van der Waals surface area contributed by atoms with E-state index in [-0.39, 0.29) is 74.2 Å². The van der Waals surface area contributed by atoms with Gasteiger partial charge in [-0.2, -0.15) is 0 Å². The van der Waals surface area contributed by atoms with E-state index in [1.165, 1.54) is 21.9 Å². The summed E-state index contributed by atoms with van der Waals surface area (Å²) < 4.78 is 96.2. The number of amides is 2. The Morgan fingerprint density at radius 2 is 0.952 bits per heavy atom. The van der Waals surface area contributed by atoms with Crippen LogP contribution in [0.1, 0.15) is 62.8 Å². The third-order valence-electron chi connectivity index (χ3n) is 10.9. The number of benzene rings is 4. The van der Waals surface area contributed by atoms with Gasteiger partial charge in [-0.25, -0.2) is 26.3 Å². The highest BCUT2D eigenvalue weighted by molar-refractivity contribution is 5.80. The van der Waals surface area contributed by atoms with Crippen molar-refractivity contribution < 1.29 is 45.4 Å². The summed E-state index contributed by atoms with van der Waals surface area (Å²) in [6, 6.07) is 19.5. The molecule has 4 atom stereocenters. The molecule has 0 unspecified atom stereocenters. The molecule has 2 saturated heterocycles. The van der Waals surface area contributed by atoms with Crippen LogP contribution in [0.15, 0.2) is 84.9 Å². The van der Waals surface area contributed by atoms with E-state index in [4.69, 9.17) is 9.47 Å². The highest BCUT2D eigenvalue weighted by Crippen LogP contribution is 2.26. The Bertz CT molecular complexity index is 1920. The van der Waals surface area contributed by atoms with Crippen LogP contribution in [0.2, 0.25) is 0 Å². The van der Waals surface area contributed by atoms with Gasteiger partial charge in [0.25, 0.3) is 0 Å². The Morgan fingerprint density at radius 1 is 0.597 bits per heavy atom. The molecule has 2 heterocycles. The molecule has 0 aliphatic carbocycles. The van der Waals surface area contributed by atoms with Crippen LogP contribution in [0.5, 0.6) is 11.5 Å². The molecule has 2 amide bonds. The van der Waals surface area contributed by atoms with Crippen molar-refractivity contribution in [2.24, 2.45) is 0 Å². The van der Waals surface area contributed by atoms with Crippen LogP contribution in [0.25, 0.3) is 0 Å². The topological polar surface area (TPSA) is 65.6 Å². The maximum absolute atomic E-state index is 14.9. The molecule has 2 aliphatic heterocycles. The van der Waals surface area contributed by atoms with Crippen LogP contribution in [0.3, 0.4) is 0 Å². The fourth-order valence-electron chi connectivity index (χ4n) is 7.71. The second-order valence-corrected chi connectivity index (χ2v) is 16.8. The largest absolute Gasteiger partial charge is 0.491 e. The van der Waals surface area contributed by atoms with Crippen LogP contribution in [-0.2, 0) is 35.5 Å². The molecule has 0 saturated carbocycles. The van der Waals surface area contributed by atoms with Gasteiger partial charge >= 0.3 is 0 Å². The van der Waals surface area contributed by atoms with E-state index in [9.17, 15) is 35.9 Å². The molecule has 14 heteroatoms.